The fourth-order valence-electron chi connectivity index (χ4n) is 3.05. The lowest BCUT2D eigenvalue weighted by Crippen LogP contribution is -2.49. The van der Waals surface area contributed by atoms with E-state index in [4.69, 9.17) is 0 Å². The van der Waals surface area contributed by atoms with E-state index in [0.717, 1.165) is 31.5 Å². The minimum atomic E-state index is -0.464. The van der Waals surface area contributed by atoms with Crippen molar-refractivity contribution in [1.82, 2.24) is 9.80 Å². The van der Waals surface area contributed by atoms with Crippen LogP contribution < -0.4 is 0 Å². The summed E-state index contributed by atoms with van der Waals surface area (Å²) in [4.78, 5) is 16.8. The topological polar surface area (TPSA) is 43.8 Å². The molecular weight excluding hydrogens is 276 g/mol. The highest BCUT2D eigenvalue weighted by atomic mass is 16.3. The van der Waals surface area contributed by atoms with Gasteiger partial charge in [-0.25, -0.2) is 0 Å². The molecule has 1 fully saturated rings. The number of nitrogens with zero attached hydrogens (tertiary/aromatic N) is 2. The van der Waals surface area contributed by atoms with Crippen LogP contribution in [0.5, 0.6) is 0 Å². The van der Waals surface area contributed by atoms with Crippen molar-refractivity contribution in [1.29, 1.82) is 0 Å². The second kappa shape index (κ2) is 8.11. The molecule has 1 saturated heterocycles. The summed E-state index contributed by atoms with van der Waals surface area (Å²) in [5.41, 5.74) is 1.07. The zero-order valence-electron chi connectivity index (χ0n) is 15.2. The van der Waals surface area contributed by atoms with Gasteiger partial charge in [-0.3, -0.25) is 4.79 Å². The van der Waals surface area contributed by atoms with Crippen molar-refractivity contribution in [2.45, 2.75) is 66.0 Å². The molecule has 0 aliphatic carbocycles. The maximum Gasteiger partial charge on any atom is 0.246 e. The fraction of sp³-hybridized carbons (Fsp3) is 0.833. The number of aliphatic hydroxyl groups is 1. The molecule has 0 spiro atoms. The van der Waals surface area contributed by atoms with Crippen molar-refractivity contribution in [2.75, 3.05) is 26.7 Å². The van der Waals surface area contributed by atoms with Crippen molar-refractivity contribution in [2.24, 2.45) is 5.41 Å². The summed E-state index contributed by atoms with van der Waals surface area (Å²) in [6, 6.07) is 0.244. The Kier molecular flexibility index (Phi) is 7.07. The Bertz CT molecular complexity index is 386. The van der Waals surface area contributed by atoms with Crippen molar-refractivity contribution in [3.05, 3.63) is 11.6 Å². The van der Waals surface area contributed by atoms with E-state index in [1.165, 1.54) is 0 Å². The Morgan fingerprint density at radius 1 is 1.32 bits per heavy atom. The van der Waals surface area contributed by atoms with Crippen molar-refractivity contribution in [3.63, 3.8) is 0 Å². The summed E-state index contributed by atoms with van der Waals surface area (Å²) in [5, 5.41) is 10.4. The SMILES string of the molecule is CC(C)=CC(=O)N(C[C@H](O)CC(C)(C)C)C1CCN(C)CC1. The lowest BCUT2D eigenvalue weighted by atomic mass is 9.89. The summed E-state index contributed by atoms with van der Waals surface area (Å²) in [7, 11) is 2.12. The lowest BCUT2D eigenvalue weighted by Gasteiger charge is -2.38. The number of piperidine rings is 1. The number of carbonyl (C=O) groups is 1. The van der Waals surface area contributed by atoms with Crippen LogP contribution in [-0.2, 0) is 4.79 Å². The first-order valence-corrected chi connectivity index (χ1v) is 8.40. The van der Waals surface area contributed by atoms with E-state index >= 15 is 0 Å². The molecule has 0 aromatic rings. The minimum Gasteiger partial charge on any atom is -0.391 e. The van der Waals surface area contributed by atoms with Gasteiger partial charge in [0.2, 0.25) is 5.91 Å². The molecule has 0 radical (unpaired) electrons. The lowest BCUT2D eigenvalue weighted by molar-refractivity contribution is -0.131. The zero-order chi connectivity index (χ0) is 16.9. The molecule has 22 heavy (non-hydrogen) atoms. The van der Waals surface area contributed by atoms with E-state index in [1.807, 2.05) is 18.7 Å². The molecule has 0 aromatic heterocycles. The van der Waals surface area contributed by atoms with Gasteiger partial charge in [0, 0.05) is 18.7 Å². The van der Waals surface area contributed by atoms with Crippen LogP contribution in [0.2, 0.25) is 0 Å². The monoisotopic (exact) mass is 310 g/mol. The van der Waals surface area contributed by atoms with Crippen LogP contribution in [-0.4, -0.2) is 59.6 Å². The molecule has 4 heteroatoms. The van der Waals surface area contributed by atoms with Crippen LogP contribution >= 0.6 is 0 Å². The second-order valence-corrected chi connectivity index (χ2v) is 8.17. The third-order valence-corrected chi connectivity index (χ3v) is 4.08. The Balaban J connectivity index is 2.78. The predicted molar refractivity (Wildman–Crippen MR) is 91.7 cm³/mol. The van der Waals surface area contributed by atoms with Crippen LogP contribution in [0.25, 0.3) is 0 Å². The zero-order valence-corrected chi connectivity index (χ0v) is 15.2. The van der Waals surface area contributed by atoms with Gasteiger partial charge in [-0.1, -0.05) is 26.3 Å². The maximum absolute atomic E-state index is 12.6. The molecule has 1 heterocycles. The molecule has 0 aromatic carbocycles. The van der Waals surface area contributed by atoms with Crippen LogP contribution in [0.1, 0.15) is 53.9 Å². The van der Waals surface area contributed by atoms with Crippen LogP contribution in [0.4, 0.5) is 0 Å². The summed E-state index contributed by atoms with van der Waals surface area (Å²) >= 11 is 0. The van der Waals surface area contributed by atoms with Crippen LogP contribution in [0.15, 0.2) is 11.6 Å². The number of hydrogen-bond donors (Lipinski definition) is 1. The third kappa shape index (κ3) is 6.93. The molecule has 1 aliphatic heterocycles. The van der Waals surface area contributed by atoms with E-state index < -0.39 is 6.10 Å². The van der Waals surface area contributed by atoms with E-state index in [9.17, 15) is 9.90 Å². The minimum absolute atomic E-state index is 0.0440. The van der Waals surface area contributed by atoms with E-state index in [1.54, 1.807) is 6.08 Å². The fourth-order valence-corrected chi connectivity index (χ4v) is 3.05. The summed E-state index contributed by atoms with van der Waals surface area (Å²) in [5.74, 6) is 0.0440. The number of hydrogen-bond acceptors (Lipinski definition) is 3. The predicted octanol–water partition coefficient (Wildman–Crippen LogP) is 2.67. The molecule has 1 N–H and O–H groups in total. The average molecular weight is 310 g/mol. The highest BCUT2D eigenvalue weighted by Crippen LogP contribution is 2.23. The number of rotatable bonds is 5. The average Bonchev–Trinajstić information content (AvgIpc) is 2.34. The Morgan fingerprint density at radius 3 is 2.32 bits per heavy atom. The summed E-state index contributed by atoms with van der Waals surface area (Å²) in [6.07, 6.45) is 3.91. The molecule has 0 unspecified atom stereocenters. The van der Waals surface area contributed by atoms with Gasteiger partial charge in [0.25, 0.3) is 0 Å². The molecular formula is C18H34N2O2. The Labute approximate surface area is 136 Å². The van der Waals surface area contributed by atoms with Gasteiger partial charge in [0.05, 0.1) is 6.10 Å². The largest absolute Gasteiger partial charge is 0.391 e. The van der Waals surface area contributed by atoms with Crippen LogP contribution in [0.3, 0.4) is 0 Å². The number of carbonyl (C=O) groups excluding carboxylic acids is 1. The van der Waals surface area contributed by atoms with Crippen molar-refractivity contribution < 1.29 is 9.90 Å². The first-order valence-electron chi connectivity index (χ1n) is 8.40. The molecule has 4 nitrogen and oxygen atoms in total. The summed E-state index contributed by atoms with van der Waals surface area (Å²) < 4.78 is 0. The molecule has 1 atom stereocenters. The van der Waals surface area contributed by atoms with E-state index in [-0.39, 0.29) is 17.4 Å². The highest BCUT2D eigenvalue weighted by Gasteiger charge is 2.28. The van der Waals surface area contributed by atoms with Crippen LogP contribution in [0, 0.1) is 5.41 Å². The maximum atomic E-state index is 12.6. The summed E-state index contributed by atoms with van der Waals surface area (Å²) in [6.45, 7) is 12.7. The van der Waals surface area contributed by atoms with Gasteiger partial charge in [0.15, 0.2) is 0 Å². The number of aliphatic hydroxyl groups excluding tert-OH is 1. The molecule has 0 bridgehead atoms. The Morgan fingerprint density at radius 2 is 1.86 bits per heavy atom. The highest BCUT2D eigenvalue weighted by molar-refractivity contribution is 5.88. The van der Waals surface area contributed by atoms with Gasteiger partial charge in [-0.05, 0) is 58.7 Å². The van der Waals surface area contributed by atoms with Gasteiger partial charge in [-0.15, -0.1) is 0 Å². The van der Waals surface area contributed by atoms with Gasteiger partial charge in [-0.2, -0.15) is 0 Å². The molecule has 0 saturated carbocycles. The Hall–Kier alpha value is -0.870. The number of amides is 1. The van der Waals surface area contributed by atoms with Crippen molar-refractivity contribution in [3.8, 4) is 0 Å². The molecule has 1 rings (SSSR count). The van der Waals surface area contributed by atoms with Crippen molar-refractivity contribution >= 4 is 5.91 Å². The van der Waals surface area contributed by atoms with Gasteiger partial charge >= 0.3 is 0 Å². The number of allylic oxidation sites excluding steroid dienone is 1. The first kappa shape index (κ1) is 19.2. The van der Waals surface area contributed by atoms with E-state index in [2.05, 4.69) is 32.7 Å². The van der Waals surface area contributed by atoms with Gasteiger partial charge in [0.1, 0.15) is 0 Å². The molecule has 128 valence electrons. The number of likely N-dealkylation sites (tertiary alicyclic amines) is 1. The first-order chi connectivity index (χ1) is 10.1. The molecule has 1 amide bonds. The molecule has 1 aliphatic rings. The van der Waals surface area contributed by atoms with E-state index in [0.29, 0.717) is 13.0 Å². The standard InChI is InChI=1S/C18H34N2O2/c1-14(2)11-17(22)20(13-16(21)12-18(3,4)5)15-7-9-19(6)10-8-15/h11,15-16,21H,7-10,12-13H2,1-6H3/t16-/m1/s1. The second-order valence-electron chi connectivity index (χ2n) is 8.17. The smallest absolute Gasteiger partial charge is 0.246 e. The normalized spacial score (nSPS) is 18.9. The quantitative estimate of drug-likeness (QED) is 0.794. The van der Waals surface area contributed by atoms with Gasteiger partial charge < -0.3 is 14.9 Å². The third-order valence-electron chi connectivity index (χ3n) is 4.08.